The second-order valence-electron chi connectivity index (χ2n) is 6.24. The Bertz CT molecular complexity index is 695. The van der Waals surface area contributed by atoms with Gasteiger partial charge in [0, 0.05) is 24.3 Å². The average molecular weight is 331 g/mol. The van der Waals surface area contributed by atoms with E-state index < -0.39 is 0 Å². The molecule has 0 atom stereocenters. The fourth-order valence-electron chi connectivity index (χ4n) is 2.52. The van der Waals surface area contributed by atoms with E-state index in [4.69, 9.17) is 0 Å². The Balaban J connectivity index is 1.69. The maximum absolute atomic E-state index is 12.2. The fraction of sp³-hybridized carbons (Fsp3) is 0.500. The highest BCUT2D eigenvalue weighted by molar-refractivity contribution is 7.15. The molecule has 3 rings (SSSR count). The highest BCUT2D eigenvalue weighted by atomic mass is 32.1. The van der Waals surface area contributed by atoms with E-state index in [1.54, 1.807) is 11.3 Å². The third kappa shape index (κ3) is 3.85. The maximum atomic E-state index is 12.2. The number of nitrogens with one attached hydrogen (secondary N) is 1. The molecule has 122 valence electrons. The van der Waals surface area contributed by atoms with Gasteiger partial charge in [0.2, 0.25) is 5.91 Å². The lowest BCUT2D eigenvalue weighted by molar-refractivity contribution is -0.132. The van der Waals surface area contributed by atoms with Crippen LogP contribution in [0.15, 0.2) is 12.1 Å². The van der Waals surface area contributed by atoms with Gasteiger partial charge in [-0.3, -0.25) is 4.79 Å². The van der Waals surface area contributed by atoms with Gasteiger partial charge in [0.25, 0.3) is 0 Å². The summed E-state index contributed by atoms with van der Waals surface area (Å²) >= 11 is 1.59. The average Bonchev–Trinajstić information content (AvgIpc) is 2.90. The van der Waals surface area contributed by atoms with E-state index in [1.807, 2.05) is 24.0 Å². The third-order valence-electron chi connectivity index (χ3n) is 3.70. The van der Waals surface area contributed by atoms with E-state index in [0.717, 1.165) is 34.4 Å². The molecule has 1 amide bonds. The number of thiazole rings is 1. The van der Waals surface area contributed by atoms with Crippen LogP contribution in [-0.4, -0.2) is 32.5 Å². The lowest BCUT2D eigenvalue weighted by Gasteiger charge is -2.26. The maximum Gasteiger partial charge on any atom is 0.223 e. The topological polar surface area (TPSA) is 71.0 Å². The highest BCUT2D eigenvalue weighted by Crippen LogP contribution is 2.30. The van der Waals surface area contributed by atoms with E-state index in [-0.39, 0.29) is 5.91 Å². The highest BCUT2D eigenvalue weighted by Gasteiger charge is 2.24. The minimum absolute atomic E-state index is 0.234. The van der Waals surface area contributed by atoms with Gasteiger partial charge < -0.3 is 10.2 Å². The molecule has 0 bridgehead atoms. The summed E-state index contributed by atoms with van der Waals surface area (Å²) in [7, 11) is 0. The van der Waals surface area contributed by atoms with Crippen LogP contribution < -0.4 is 5.32 Å². The van der Waals surface area contributed by atoms with Gasteiger partial charge in [-0.1, -0.05) is 25.2 Å². The van der Waals surface area contributed by atoms with Crippen molar-refractivity contribution in [2.24, 2.45) is 5.92 Å². The van der Waals surface area contributed by atoms with Crippen LogP contribution >= 0.6 is 11.3 Å². The summed E-state index contributed by atoms with van der Waals surface area (Å²) < 4.78 is 0. The molecule has 1 aliphatic rings. The smallest absolute Gasteiger partial charge is 0.223 e. The van der Waals surface area contributed by atoms with Crippen LogP contribution in [0.5, 0.6) is 0 Å². The van der Waals surface area contributed by atoms with Crippen LogP contribution in [0, 0.1) is 12.8 Å². The zero-order chi connectivity index (χ0) is 16.4. The first-order valence-electron chi connectivity index (χ1n) is 7.85. The van der Waals surface area contributed by atoms with Gasteiger partial charge in [0.05, 0.1) is 17.9 Å². The van der Waals surface area contributed by atoms with E-state index in [1.165, 1.54) is 0 Å². The van der Waals surface area contributed by atoms with Gasteiger partial charge in [-0.2, -0.15) is 5.10 Å². The Morgan fingerprint density at radius 1 is 1.39 bits per heavy atom. The van der Waals surface area contributed by atoms with Crippen LogP contribution in [0.3, 0.4) is 0 Å². The lowest BCUT2D eigenvalue weighted by atomic mass is 10.1. The predicted octanol–water partition coefficient (Wildman–Crippen LogP) is 2.92. The van der Waals surface area contributed by atoms with Crippen LogP contribution in [0.1, 0.15) is 36.5 Å². The number of nitrogens with zero attached hydrogens (tertiary/aromatic N) is 4. The molecule has 0 aromatic carbocycles. The van der Waals surface area contributed by atoms with Gasteiger partial charge in [-0.25, -0.2) is 4.98 Å². The number of hydrogen-bond acceptors (Lipinski definition) is 6. The first-order chi connectivity index (χ1) is 11.0. The van der Waals surface area contributed by atoms with Crippen molar-refractivity contribution < 1.29 is 4.79 Å². The number of carbonyl (C=O) groups excluding carboxylic acids is 1. The van der Waals surface area contributed by atoms with Crippen LogP contribution in [0.2, 0.25) is 0 Å². The minimum atomic E-state index is 0.234. The van der Waals surface area contributed by atoms with E-state index in [0.29, 0.717) is 24.7 Å². The Kier molecular flexibility index (Phi) is 4.56. The van der Waals surface area contributed by atoms with Crippen molar-refractivity contribution in [3.8, 4) is 0 Å². The van der Waals surface area contributed by atoms with Crippen molar-refractivity contribution >= 4 is 28.2 Å². The molecule has 0 saturated carbocycles. The fourth-order valence-corrected chi connectivity index (χ4v) is 3.55. The number of anilines is 2. The molecule has 0 fully saturated rings. The van der Waals surface area contributed by atoms with Crippen LogP contribution in [-0.2, 0) is 17.8 Å². The Morgan fingerprint density at radius 3 is 2.91 bits per heavy atom. The number of hydrogen-bond donors (Lipinski definition) is 1. The SMILES string of the molecule is Cc1ccc(Nc2nc3c(s2)CN(C(=O)CC(C)C)CC3)nn1. The standard InChI is InChI=1S/C16H21N5OS/c1-10(2)8-15(22)21-7-6-12-13(9-21)23-16(17-12)18-14-5-4-11(3)19-20-14/h4-5,10H,6-9H2,1-3H3,(H,17,18,20). The van der Waals surface area contributed by atoms with Gasteiger partial charge in [0.15, 0.2) is 10.9 Å². The minimum Gasteiger partial charge on any atom is -0.337 e. The van der Waals surface area contributed by atoms with Crippen LogP contribution in [0.25, 0.3) is 0 Å². The zero-order valence-electron chi connectivity index (χ0n) is 13.7. The predicted molar refractivity (Wildman–Crippen MR) is 90.7 cm³/mol. The second-order valence-corrected chi connectivity index (χ2v) is 7.32. The largest absolute Gasteiger partial charge is 0.337 e. The Labute approximate surface area is 140 Å². The molecule has 0 saturated heterocycles. The van der Waals surface area contributed by atoms with Crippen molar-refractivity contribution in [1.82, 2.24) is 20.1 Å². The van der Waals surface area contributed by atoms with Crippen molar-refractivity contribution in [3.05, 3.63) is 28.4 Å². The molecule has 1 N–H and O–H groups in total. The number of carbonyl (C=O) groups is 1. The van der Waals surface area contributed by atoms with Crippen molar-refractivity contribution in [2.45, 2.75) is 40.2 Å². The summed E-state index contributed by atoms with van der Waals surface area (Å²) in [5.74, 6) is 1.31. The van der Waals surface area contributed by atoms with Gasteiger partial charge >= 0.3 is 0 Å². The van der Waals surface area contributed by atoms with E-state index in [2.05, 4.69) is 34.3 Å². The number of amides is 1. The van der Waals surface area contributed by atoms with Gasteiger partial charge in [-0.05, 0) is 25.0 Å². The molecule has 23 heavy (non-hydrogen) atoms. The molecule has 1 aliphatic heterocycles. The summed E-state index contributed by atoms with van der Waals surface area (Å²) in [6, 6.07) is 3.80. The third-order valence-corrected chi connectivity index (χ3v) is 4.70. The van der Waals surface area contributed by atoms with Gasteiger partial charge in [-0.15, -0.1) is 5.10 Å². The monoisotopic (exact) mass is 331 g/mol. The zero-order valence-corrected chi connectivity index (χ0v) is 14.5. The molecule has 0 spiro atoms. The number of aromatic nitrogens is 3. The summed E-state index contributed by atoms with van der Waals surface area (Å²) in [5, 5.41) is 12.1. The van der Waals surface area contributed by atoms with Crippen LogP contribution in [0.4, 0.5) is 10.9 Å². The quantitative estimate of drug-likeness (QED) is 0.933. The van der Waals surface area contributed by atoms with Crippen molar-refractivity contribution in [1.29, 1.82) is 0 Å². The summed E-state index contributed by atoms with van der Waals surface area (Å²) in [6.07, 6.45) is 1.43. The molecule has 6 nitrogen and oxygen atoms in total. The molecule has 7 heteroatoms. The first-order valence-corrected chi connectivity index (χ1v) is 8.66. The lowest BCUT2D eigenvalue weighted by Crippen LogP contribution is -2.36. The molecule has 0 unspecified atom stereocenters. The molecule has 0 radical (unpaired) electrons. The van der Waals surface area contributed by atoms with E-state index in [9.17, 15) is 4.79 Å². The number of rotatable bonds is 4. The Hall–Kier alpha value is -2.02. The number of fused-ring (bicyclic) bond motifs is 1. The summed E-state index contributed by atoms with van der Waals surface area (Å²) in [6.45, 7) is 7.47. The number of aryl methyl sites for hydroxylation is 1. The Morgan fingerprint density at radius 2 is 2.22 bits per heavy atom. The molecule has 3 heterocycles. The van der Waals surface area contributed by atoms with Gasteiger partial charge in [0.1, 0.15) is 0 Å². The normalized spacial score (nSPS) is 14.0. The van der Waals surface area contributed by atoms with Crippen molar-refractivity contribution in [2.75, 3.05) is 11.9 Å². The summed E-state index contributed by atoms with van der Waals surface area (Å²) in [5.41, 5.74) is 1.97. The molecular weight excluding hydrogens is 310 g/mol. The molecular formula is C16H21N5OS. The molecule has 0 aliphatic carbocycles. The molecule has 2 aromatic heterocycles. The first kappa shape index (κ1) is 15.9. The molecule has 2 aromatic rings. The summed E-state index contributed by atoms with van der Waals surface area (Å²) in [4.78, 5) is 20.0. The van der Waals surface area contributed by atoms with E-state index >= 15 is 0 Å². The second kappa shape index (κ2) is 6.62. The van der Waals surface area contributed by atoms with Crippen molar-refractivity contribution in [3.63, 3.8) is 0 Å².